The van der Waals surface area contributed by atoms with E-state index in [2.05, 4.69) is 80.7 Å². The number of aromatic nitrogens is 2. The largest absolute Gasteiger partial charge is 0.419 e. The summed E-state index contributed by atoms with van der Waals surface area (Å²) < 4.78 is 21.3. The molecule has 4 aromatic carbocycles. The molecule has 1 fully saturated rings. The fraction of sp³-hybridized carbons (Fsp3) is 0.188. The Kier molecular flexibility index (Phi) is 7.07. The lowest BCUT2D eigenvalue weighted by molar-refractivity contribution is 0.0807. The first-order chi connectivity index (χ1) is 18.8. The molecular weight excluding hydrogens is 475 g/mol. The van der Waals surface area contributed by atoms with E-state index in [1.165, 1.54) is 17.2 Å². The van der Waals surface area contributed by atoms with Gasteiger partial charge >= 0.3 is 0 Å². The van der Waals surface area contributed by atoms with Gasteiger partial charge in [-0.05, 0) is 29.3 Å². The van der Waals surface area contributed by atoms with Crippen LogP contribution in [0.25, 0.3) is 11.5 Å². The van der Waals surface area contributed by atoms with Crippen LogP contribution in [0, 0.1) is 5.82 Å². The zero-order valence-corrected chi connectivity index (χ0v) is 21.0. The zero-order valence-electron chi connectivity index (χ0n) is 21.0. The summed E-state index contributed by atoms with van der Waals surface area (Å²) in [4.78, 5) is 4.76. The average Bonchev–Trinajstić information content (AvgIpc) is 3.47. The fourth-order valence-corrected chi connectivity index (χ4v) is 5.36. The van der Waals surface area contributed by atoms with Gasteiger partial charge in [-0.1, -0.05) is 97.1 Å². The predicted octanol–water partition coefficient (Wildman–Crippen LogP) is 6.37. The molecule has 6 heteroatoms. The first kappa shape index (κ1) is 24.2. The third kappa shape index (κ3) is 5.01. The van der Waals surface area contributed by atoms with E-state index < -0.39 is 6.04 Å². The van der Waals surface area contributed by atoms with Crippen LogP contribution in [0.2, 0.25) is 0 Å². The molecule has 1 aromatic heterocycles. The van der Waals surface area contributed by atoms with Gasteiger partial charge in [0.2, 0.25) is 11.8 Å². The second-order valence-corrected chi connectivity index (χ2v) is 9.53. The maximum Gasteiger partial charge on any atom is 0.247 e. The summed E-state index contributed by atoms with van der Waals surface area (Å²) in [5.74, 6) is 0.574. The minimum Gasteiger partial charge on any atom is -0.419 e. The van der Waals surface area contributed by atoms with Gasteiger partial charge in [0.15, 0.2) is 0 Å². The Balaban J connectivity index is 1.29. The Morgan fingerprint density at radius 2 is 1.08 bits per heavy atom. The Bertz CT molecular complexity index is 1410. The number of halogens is 1. The number of nitrogens with zero attached hydrogens (tertiary/aromatic N) is 4. The summed E-state index contributed by atoms with van der Waals surface area (Å²) in [5.41, 5.74) is 3.92. The first-order valence-electron chi connectivity index (χ1n) is 13.0. The molecule has 1 saturated heterocycles. The Morgan fingerprint density at radius 1 is 0.579 bits per heavy atom. The smallest absolute Gasteiger partial charge is 0.247 e. The van der Waals surface area contributed by atoms with Crippen LogP contribution in [0.1, 0.15) is 34.7 Å². The lowest BCUT2D eigenvalue weighted by atomic mass is 9.96. The summed E-state index contributed by atoms with van der Waals surface area (Å²) in [7, 11) is 0. The van der Waals surface area contributed by atoms with E-state index in [-0.39, 0.29) is 11.9 Å². The lowest BCUT2D eigenvalue weighted by Crippen LogP contribution is -2.49. The Morgan fingerprint density at radius 3 is 1.66 bits per heavy atom. The van der Waals surface area contributed by atoms with Crippen LogP contribution >= 0.6 is 0 Å². The molecular formula is C32H29FN4O. The normalized spacial score (nSPS) is 15.5. The highest BCUT2D eigenvalue weighted by Crippen LogP contribution is 2.35. The second kappa shape index (κ2) is 11.1. The highest BCUT2D eigenvalue weighted by atomic mass is 19.1. The van der Waals surface area contributed by atoms with Gasteiger partial charge in [0.05, 0.1) is 6.04 Å². The summed E-state index contributed by atoms with van der Waals surface area (Å²) >= 11 is 0. The van der Waals surface area contributed by atoms with Gasteiger partial charge in [0.1, 0.15) is 11.9 Å². The summed E-state index contributed by atoms with van der Waals surface area (Å²) in [5, 5.41) is 8.70. The average molecular weight is 505 g/mol. The number of piperazine rings is 1. The molecule has 0 amide bonds. The van der Waals surface area contributed by atoms with E-state index in [9.17, 15) is 0 Å². The van der Waals surface area contributed by atoms with Crippen molar-refractivity contribution in [3.05, 3.63) is 144 Å². The van der Waals surface area contributed by atoms with Crippen molar-refractivity contribution >= 4 is 0 Å². The van der Waals surface area contributed by atoms with Gasteiger partial charge in [-0.15, -0.1) is 10.2 Å². The highest BCUT2D eigenvalue weighted by Gasteiger charge is 2.34. The van der Waals surface area contributed by atoms with Crippen LogP contribution in [0.15, 0.2) is 120 Å². The summed E-state index contributed by atoms with van der Waals surface area (Å²) in [6.45, 7) is 3.11. The lowest BCUT2D eigenvalue weighted by Gasteiger charge is -2.42. The molecule has 1 unspecified atom stereocenters. The molecule has 0 saturated carbocycles. The minimum atomic E-state index is -0.463. The van der Waals surface area contributed by atoms with E-state index in [0.717, 1.165) is 31.7 Å². The highest BCUT2D eigenvalue weighted by molar-refractivity contribution is 5.52. The fourth-order valence-electron chi connectivity index (χ4n) is 5.36. The van der Waals surface area contributed by atoms with Crippen molar-refractivity contribution in [2.45, 2.75) is 12.1 Å². The van der Waals surface area contributed by atoms with Crippen molar-refractivity contribution in [3.63, 3.8) is 0 Å². The zero-order chi connectivity index (χ0) is 25.7. The molecule has 1 aliphatic rings. The number of rotatable bonds is 7. The molecule has 0 spiro atoms. The molecule has 38 heavy (non-hydrogen) atoms. The molecule has 5 nitrogen and oxygen atoms in total. The summed E-state index contributed by atoms with van der Waals surface area (Å²) in [6.07, 6.45) is 0. The van der Waals surface area contributed by atoms with Crippen LogP contribution < -0.4 is 0 Å². The van der Waals surface area contributed by atoms with Crippen LogP contribution in [-0.2, 0) is 0 Å². The SMILES string of the molecule is Fc1ccccc1C(c1nnc(-c2ccccc2)o1)N1CCN(C(c2ccccc2)c2ccccc2)CC1. The molecule has 0 aliphatic carbocycles. The molecule has 5 aromatic rings. The molecule has 2 heterocycles. The van der Waals surface area contributed by atoms with Crippen LogP contribution in [-0.4, -0.2) is 46.2 Å². The van der Waals surface area contributed by atoms with Gasteiger partial charge in [-0.2, -0.15) is 0 Å². The molecule has 0 radical (unpaired) electrons. The molecule has 0 bridgehead atoms. The van der Waals surface area contributed by atoms with E-state index in [4.69, 9.17) is 4.42 Å². The molecule has 6 rings (SSSR count). The molecule has 1 atom stereocenters. The van der Waals surface area contributed by atoms with Crippen molar-refractivity contribution in [3.8, 4) is 11.5 Å². The predicted molar refractivity (Wildman–Crippen MR) is 146 cm³/mol. The quantitative estimate of drug-likeness (QED) is 0.258. The monoisotopic (exact) mass is 504 g/mol. The van der Waals surface area contributed by atoms with Gasteiger partial charge in [-0.3, -0.25) is 9.80 Å². The van der Waals surface area contributed by atoms with Gasteiger partial charge < -0.3 is 4.42 Å². The number of benzene rings is 4. The van der Waals surface area contributed by atoms with E-state index in [0.29, 0.717) is 17.3 Å². The van der Waals surface area contributed by atoms with Crippen molar-refractivity contribution < 1.29 is 8.81 Å². The van der Waals surface area contributed by atoms with Crippen molar-refractivity contribution in [1.29, 1.82) is 0 Å². The van der Waals surface area contributed by atoms with Crippen molar-refractivity contribution in [2.75, 3.05) is 26.2 Å². The topological polar surface area (TPSA) is 45.4 Å². The minimum absolute atomic E-state index is 0.152. The maximum atomic E-state index is 15.1. The number of hydrogen-bond donors (Lipinski definition) is 0. The van der Waals surface area contributed by atoms with E-state index in [1.54, 1.807) is 6.07 Å². The Hall–Kier alpha value is -4.13. The third-order valence-corrected chi connectivity index (χ3v) is 7.20. The molecule has 190 valence electrons. The second-order valence-electron chi connectivity index (χ2n) is 9.53. The molecule has 1 aliphatic heterocycles. The van der Waals surface area contributed by atoms with Crippen LogP contribution in [0.5, 0.6) is 0 Å². The third-order valence-electron chi connectivity index (χ3n) is 7.20. The Labute approximate surface area is 222 Å². The van der Waals surface area contributed by atoms with Gasteiger partial charge in [-0.25, -0.2) is 4.39 Å². The maximum absolute atomic E-state index is 15.1. The summed E-state index contributed by atoms with van der Waals surface area (Å²) in [6, 6.07) is 37.5. The van der Waals surface area contributed by atoms with Crippen molar-refractivity contribution in [2.24, 2.45) is 0 Å². The van der Waals surface area contributed by atoms with Crippen LogP contribution in [0.4, 0.5) is 4.39 Å². The number of hydrogen-bond acceptors (Lipinski definition) is 5. The van der Waals surface area contributed by atoms with Gasteiger partial charge in [0.25, 0.3) is 0 Å². The first-order valence-corrected chi connectivity index (χ1v) is 13.0. The van der Waals surface area contributed by atoms with E-state index >= 15 is 4.39 Å². The van der Waals surface area contributed by atoms with Gasteiger partial charge in [0, 0.05) is 37.3 Å². The molecule has 0 N–H and O–H groups in total. The van der Waals surface area contributed by atoms with Crippen LogP contribution in [0.3, 0.4) is 0 Å². The van der Waals surface area contributed by atoms with E-state index in [1.807, 2.05) is 42.5 Å². The van der Waals surface area contributed by atoms with Crippen molar-refractivity contribution in [1.82, 2.24) is 20.0 Å². The standard InChI is InChI=1S/C32H29FN4O/c33-28-19-11-10-18-27(28)30(32-35-34-31(38-32)26-16-8-3-9-17-26)37-22-20-36(21-23-37)29(24-12-4-1-5-13-24)25-14-6-2-7-15-25/h1-19,29-30H,20-23H2.